The highest BCUT2D eigenvalue weighted by atomic mass is 16.1. The van der Waals surface area contributed by atoms with Crippen LogP contribution in [0.4, 0.5) is 5.82 Å². The van der Waals surface area contributed by atoms with Crippen LogP contribution < -0.4 is 15.8 Å². The third-order valence-electron chi connectivity index (χ3n) is 3.89. The van der Waals surface area contributed by atoms with E-state index in [0.29, 0.717) is 17.8 Å². The first-order valence-electron chi connectivity index (χ1n) is 8.04. The van der Waals surface area contributed by atoms with Gasteiger partial charge in [-0.25, -0.2) is 4.98 Å². The summed E-state index contributed by atoms with van der Waals surface area (Å²) in [6, 6.07) is 0.627. The Bertz CT molecular complexity index is 503. The number of nitrogens with one attached hydrogen (secondary N) is 1. The summed E-state index contributed by atoms with van der Waals surface area (Å²) in [5, 5.41) is 3.51. The molecule has 0 saturated carbocycles. The van der Waals surface area contributed by atoms with E-state index in [1.165, 1.54) is 12.8 Å². The van der Waals surface area contributed by atoms with Crippen molar-refractivity contribution in [3.8, 4) is 0 Å². The van der Waals surface area contributed by atoms with Gasteiger partial charge in [0, 0.05) is 37.6 Å². The van der Waals surface area contributed by atoms with Crippen molar-refractivity contribution in [2.24, 2.45) is 5.92 Å². The zero-order valence-electron chi connectivity index (χ0n) is 13.7. The fourth-order valence-electron chi connectivity index (χ4n) is 2.90. The summed E-state index contributed by atoms with van der Waals surface area (Å²) in [6.45, 7) is 11.2. The molecule has 5 nitrogen and oxygen atoms in total. The van der Waals surface area contributed by atoms with Crippen molar-refractivity contribution in [1.29, 1.82) is 0 Å². The molecule has 0 spiro atoms. The minimum atomic E-state index is 0.0196. The molecule has 1 fully saturated rings. The lowest BCUT2D eigenvalue weighted by Crippen LogP contribution is -2.43. The second kappa shape index (κ2) is 7.07. The van der Waals surface area contributed by atoms with E-state index in [1.54, 1.807) is 17.0 Å². The third-order valence-corrected chi connectivity index (χ3v) is 3.89. The molecule has 1 aromatic heterocycles. The lowest BCUT2D eigenvalue weighted by atomic mass is 10.1. The Kier molecular flexibility index (Phi) is 5.39. The van der Waals surface area contributed by atoms with Crippen LogP contribution in [0.15, 0.2) is 17.2 Å². The molecule has 1 aliphatic heterocycles. The average molecular weight is 292 g/mol. The minimum Gasteiger partial charge on any atom is -0.350 e. The fourth-order valence-corrected chi connectivity index (χ4v) is 2.90. The highest BCUT2D eigenvalue weighted by molar-refractivity contribution is 5.36. The standard InChI is InChI=1S/C16H28N4O/c1-12(2)10-19(11-14-6-5-7-17-14)15-16(21)20(13(3)4)9-8-18-15/h8-9,12-14,17H,5-7,10-11H2,1-4H3. The molecule has 1 N–H and O–H groups in total. The van der Waals surface area contributed by atoms with Crippen molar-refractivity contribution in [3.05, 3.63) is 22.7 Å². The zero-order chi connectivity index (χ0) is 15.4. The van der Waals surface area contributed by atoms with Crippen molar-refractivity contribution in [2.45, 2.75) is 52.6 Å². The van der Waals surface area contributed by atoms with Crippen LogP contribution in [0.2, 0.25) is 0 Å². The third kappa shape index (κ3) is 4.06. The van der Waals surface area contributed by atoms with Gasteiger partial charge in [-0.3, -0.25) is 4.79 Å². The van der Waals surface area contributed by atoms with Gasteiger partial charge in [-0.05, 0) is 39.2 Å². The Balaban J connectivity index is 2.27. The van der Waals surface area contributed by atoms with Crippen molar-refractivity contribution in [2.75, 3.05) is 24.5 Å². The highest BCUT2D eigenvalue weighted by Gasteiger charge is 2.22. The molecule has 2 rings (SSSR count). The lowest BCUT2D eigenvalue weighted by Gasteiger charge is -2.28. The number of rotatable bonds is 6. The molecule has 1 atom stereocenters. The smallest absolute Gasteiger partial charge is 0.293 e. The zero-order valence-corrected chi connectivity index (χ0v) is 13.7. The topological polar surface area (TPSA) is 50.2 Å². The van der Waals surface area contributed by atoms with Gasteiger partial charge in [-0.15, -0.1) is 0 Å². The molecule has 21 heavy (non-hydrogen) atoms. The van der Waals surface area contributed by atoms with Gasteiger partial charge in [0.25, 0.3) is 5.56 Å². The van der Waals surface area contributed by atoms with Crippen LogP contribution in [0.25, 0.3) is 0 Å². The van der Waals surface area contributed by atoms with Gasteiger partial charge in [-0.1, -0.05) is 13.8 Å². The van der Waals surface area contributed by atoms with Crippen LogP contribution >= 0.6 is 0 Å². The Labute approximate surface area is 127 Å². The molecular formula is C16H28N4O. The maximum atomic E-state index is 12.6. The van der Waals surface area contributed by atoms with Gasteiger partial charge in [-0.2, -0.15) is 0 Å². The average Bonchev–Trinajstić information content (AvgIpc) is 2.90. The van der Waals surface area contributed by atoms with E-state index in [1.807, 2.05) is 13.8 Å². The lowest BCUT2D eigenvalue weighted by molar-refractivity contribution is 0.526. The summed E-state index contributed by atoms with van der Waals surface area (Å²) in [4.78, 5) is 19.2. The number of aromatic nitrogens is 2. The van der Waals surface area contributed by atoms with Crippen LogP contribution in [0.3, 0.4) is 0 Å². The van der Waals surface area contributed by atoms with Gasteiger partial charge in [0.2, 0.25) is 0 Å². The molecule has 5 heteroatoms. The molecule has 0 amide bonds. The van der Waals surface area contributed by atoms with Crippen molar-refractivity contribution >= 4 is 5.82 Å². The predicted octanol–water partition coefficient (Wildman–Crippen LogP) is 2.04. The molecule has 0 radical (unpaired) electrons. The van der Waals surface area contributed by atoms with E-state index in [-0.39, 0.29) is 11.6 Å². The van der Waals surface area contributed by atoms with Gasteiger partial charge < -0.3 is 14.8 Å². The first kappa shape index (κ1) is 16.0. The molecule has 0 aromatic carbocycles. The van der Waals surface area contributed by atoms with Crippen molar-refractivity contribution in [1.82, 2.24) is 14.9 Å². The number of hydrogen-bond donors (Lipinski definition) is 1. The number of anilines is 1. The monoisotopic (exact) mass is 292 g/mol. The van der Waals surface area contributed by atoms with Crippen molar-refractivity contribution < 1.29 is 0 Å². The Morgan fingerprint density at radius 2 is 2.19 bits per heavy atom. The highest BCUT2D eigenvalue weighted by Crippen LogP contribution is 2.13. The summed E-state index contributed by atoms with van der Waals surface area (Å²) < 4.78 is 1.76. The summed E-state index contributed by atoms with van der Waals surface area (Å²) in [5.41, 5.74) is 0.0196. The van der Waals surface area contributed by atoms with Crippen LogP contribution in [0, 0.1) is 5.92 Å². The van der Waals surface area contributed by atoms with E-state index in [4.69, 9.17) is 0 Å². The molecule has 0 aliphatic carbocycles. The van der Waals surface area contributed by atoms with E-state index in [2.05, 4.69) is 29.0 Å². The Hall–Kier alpha value is -1.36. The SMILES string of the molecule is CC(C)CN(CC1CCCN1)c1nccn(C(C)C)c1=O. The minimum absolute atomic E-state index is 0.0196. The quantitative estimate of drug-likeness (QED) is 0.872. The molecule has 2 heterocycles. The maximum absolute atomic E-state index is 12.6. The normalized spacial score (nSPS) is 18.7. The molecule has 1 unspecified atom stereocenters. The maximum Gasteiger partial charge on any atom is 0.293 e. The first-order chi connectivity index (χ1) is 9.99. The molecule has 0 bridgehead atoms. The van der Waals surface area contributed by atoms with Crippen LogP contribution in [0.5, 0.6) is 0 Å². The number of nitrogens with zero attached hydrogens (tertiary/aromatic N) is 3. The largest absolute Gasteiger partial charge is 0.350 e. The van der Waals surface area contributed by atoms with Crippen LogP contribution in [-0.4, -0.2) is 35.2 Å². The van der Waals surface area contributed by atoms with Crippen LogP contribution in [-0.2, 0) is 0 Å². The fraction of sp³-hybridized carbons (Fsp3) is 0.750. The van der Waals surface area contributed by atoms with Crippen LogP contribution in [0.1, 0.15) is 46.6 Å². The molecule has 118 valence electrons. The summed E-state index contributed by atoms with van der Waals surface area (Å²) >= 11 is 0. The second-order valence-electron chi connectivity index (χ2n) is 6.65. The molecule has 1 saturated heterocycles. The first-order valence-corrected chi connectivity index (χ1v) is 8.04. The Morgan fingerprint density at radius 1 is 1.43 bits per heavy atom. The number of hydrogen-bond acceptors (Lipinski definition) is 4. The summed E-state index contributed by atoms with van der Waals surface area (Å²) in [6.07, 6.45) is 5.92. The van der Waals surface area contributed by atoms with Crippen molar-refractivity contribution in [3.63, 3.8) is 0 Å². The van der Waals surface area contributed by atoms with E-state index in [0.717, 1.165) is 19.6 Å². The summed E-state index contributed by atoms with van der Waals surface area (Å²) in [7, 11) is 0. The molecule has 1 aromatic rings. The van der Waals surface area contributed by atoms with Gasteiger partial charge in [0.05, 0.1) is 0 Å². The Morgan fingerprint density at radius 3 is 2.76 bits per heavy atom. The predicted molar refractivity (Wildman–Crippen MR) is 87.0 cm³/mol. The molecule has 1 aliphatic rings. The van der Waals surface area contributed by atoms with Gasteiger partial charge in [0.15, 0.2) is 5.82 Å². The van der Waals surface area contributed by atoms with Gasteiger partial charge >= 0.3 is 0 Å². The second-order valence-corrected chi connectivity index (χ2v) is 6.65. The molecular weight excluding hydrogens is 264 g/mol. The van der Waals surface area contributed by atoms with E-state index < -0.39 is 0 Å². The van der Waals surface area contributed by atoms with E-state index >= 15 is 0 Å². The van der Waals surface area contributed by atoms with Gasteiger partial charge in [0.1, 0.15) is 0 Å². The summed E-state index contributed by atoms with van der Waals surface area (Å²) in [5.74, 6) is 1.09. The van der Waals surface area contributed by atoms with E-state index in [9.17, 15) is 4.79 Å².